The van der Waals surface area contributed by atoms with Crippen molar-refractivity contribution in [1.82, 2.24) is 20.5 Å². The largest absolute Gasteiger partial charge is 0.495 e. The van der Waals surface area contributed by atoms with Gasteiger partial charge < -0.3 is 26.0 Å². The van der Waals surface area contributed by atoms with Gasteiger partial charge >= 0.3 is 6.03 Å². The summed E-state index contributed by atoms with van der Waals surface area (Å²) in [5, 5.41) is 20.3. The summed E-state index contributed by atoms with van der Waals surface area (Å²) in [5.41, 5.74) is 1.45. The molecule has 2 amide bonds. The van der Waals surface area contributed by atoms with Gasteiger partial charge in [0.1, 0.15) is 11.6 Å². The molecule has 9 nitrogen and oxygen atoms in total. The van der Waals surface area contributed by atoms with E-state index in [1.54, 1.807) is 36.7 Å². The lowest BCUT2D eigenvalue weighted by molar-refractivity contribution is 0.252. The summed E-state index contributed by atoms with van der Waals surface area (Å²) in [6, 6.07) is 12.0. The number of nitrogens with zero attached hydrogens (tertiary/aromatic N) is 3. The topological polar surface area (TPSA) is 113 Å². The number of amides is 2. The molecule has 0 unspecified atom stereocenters. The Balaban J connectivity index is 1.38. The van der Waals surface area contributed by atoms with Crippen LogP contribution in [0.4, 0.5) is 27.8 Å². The predicted molar refractivity (Wildman–Crippen MR) is 113 cm³/mol. The standard InChI is InChI=1S/C19H20ClN7O2/c1-29-16-3-2-14(12-15(16)20)25-19(28)23-11-10-22-17-4-5-18(27-26-17)24-13-6-8-21-9-7-13/h2-9,12H,10-11H2,1H3,(H,22,26)(H,21,24,27)(H2,23,25,28). The van der Waals surface area contributed by atoms with E-state index in [0.29, 0.717) is 41.2 Å². The molecular formula is C19H20ClN7O2. The molecule has 0 fully saturated rings. The van der Waals surface area contributed by atoms with Crippen molar-refractivity contribution in [1.29, 1.82) is 0 Å². The molecule has 0 saturated heterocycles. The number of carbonyl (C=O) groups excluding carboxylic acids is 1. The molecule has 0 radical (unpaired) electrons. The smallest absolute Gasteiger partial charge is 0.319 e. The Hall–Kier alpha value is -3.59. The number of hydrogen-bond acceptors (Lipinski definition) is 7. The molecule has 4 N–H and O–H groups in total. The second kappa shape index (κ2) is 10.1. The first-order chi connectivity index (χ1) is 14.1. The van der Waals surface area contributed by atoms with E-state index in [1.165, 1.54) is 7.11 Å². The van der Waals surface area contributed by atoms with Crippen LogP contribution in [-0.4, -0.2) is 41.4 Å². The molecule has 3 rings (SSSR count). The van der Waals surface area contributed by atoms with Gasteiger partial charge in [-0.1, -0.05) is 11.6 Å². The van der Waals surface area contributed by atoms with Gasteiger partial charge in [-0.15, -0.1) is 10.2 Å². The number of methoxy groups -OCH3 is 1. The average Bonchev–Trinajstić information content (AvgIpc) is 2.73. The van der Waals surface area contributed by atoms with Crippen LogP contribution in [0.25, 0.3) is 0 Å². The van der Waals surface area contributed by atoms with Crippen molar-refractivity contribution in [2.75, 3.05) is 36.1 Å². The van der Waals surface area contributed by atoms with E-state index in [9.17, 15) is 4.79 Å². The molecule has 10 heteroatoms. The number of urea groups is 1. The number of carbonyl (C=O) groups is 1. The van der Waals surface area contributed by atoms with E-state index in [1.807, 2.05) is 18.2 Å². The summed E-state index contributed by atoms with van der Waals surface area (Å²) in [6.07, 6.45) is 3.39. The average molecular weight is 414 g/mol. The van der Waals surface area contributed by atoms with Crippen molar-refractivity contribution in [2.24, 2.45) is 0 Å². The van der Waals surface area contributed by atoms with Crippen LogP contribution in [0.15, 0.2) is 54.9 Å². The highest BCUT2D eigenvalue weighted by Gasteiger charge is 2.05. The molecule has 0 spiro atoms. The Labute approximate surface area is 172 Å². The lowest BCUT2D eigenvalue weighted by Crippen LogP contribution is -2.32. The minimum atomic E-state index is -0.337. The lowest BCUT2D eigenvalue weighted by Gasteiger charge is -2.10. The highest BCUT2D eigenvalue weighted by molar-refractivity contribution is 6.32. The van der Waals surface area contributed by atoms with Crippen molar-refractivity contribution in [2.45, 2.75) is 0 Å². The second-order valence-corrected chi connectivity index (χ2v) is 6.23. The Bertz CT molecular complexity index is 939. The number of anilines is 4. The molecular weight excluding hydrogens is 394 g/mol. The minimum absolute atomic E-state index is 0.337. The Morgan fingerprint density at radius 3 is 2.45 bits per heavy atom. The number of halogens is 1. The first-order valence-corrected chi connectivity index (χ1v) is 9.15. The van der Waals surface area contributed by atoms with E-state index in [2.05, 4.69) is 36.4 Å². The summed E-state index contributed by atoms with van der Waals surface area (Å²) < 4.78 is 5.08. The number of pyridine rings is 1. The third kappa shape index (κ3) is 6.22. The Morgan fingerprint density at radius 1 is 1.00 bits per heavy atom. The van der Waals surface area contributed by atoms with E-state index in [0.717, 1.165) is 5.69 Å². The number of ether oxygens (including phenoxy) is 1. The quantitative estimate of drug-likeness (QED) is 0.418. The van der Waals surface area contributed by atoms with Gasteiger partial charge in [0, 0.05) is 36.9 Å². The zero-order chi connectivity index (χ0) is 20.5. The molecule has 0 saturated carbocycles. The second-order valence-electron chi connectivity index (χ2n) is 5.82. The normalized spacial score (nSPS) is 10.1. The van der Waals surface area contributed by atoms with Gasteiger partial charge in [0.25, 0.3) is 0 Å². The van der Waals surface area contributed by atoms with Crippen LogP contribution in [0.2, 0.25) is 5.02 Å². The van der Waals surface area contributed by atoms with Crippen molar-refractivity contribution in [3.8, 4) is 5.75 Å². The van der Waals surface area contributed by atoms with Gasteiger partial charge in [-0.3, -0.25) is 4.98 Å². The third-order valence-electron chi connectivity index (χ3n) is 3.74. The fourth-order valence-corrected chi connectivity index (χ4v) is 2.62. The fourth-order valence-electron chi connectivity index (χ4n) is 2.36. The monoisotopic (exact) mass is 413 g/mol. The van der Waals surface area contributed by atoms with Crippen LogP contribution < -0.4 is 26.0 Å². The number of benzene rings is 1. The molecule has 2 aromatic heterocycles. The van der Waals surface area contributed by atoms with E-state index in [4.69, 9.17) is 16.3 Å². The first kappa shape index (κ1) is 20.2. The SMILES string of the molecule is COc1ccc(NC(=O)NCCNc2ccc(Nc3ccncc3)nn2)cc1Cl. The van der Waals surface area contributed by atoms with Gasteiger partial charge in [-0.25, -0.2) is 4.79 Å². The van der Waals surface area contributed by atoms with Crippen LogP contribution >= 0.6 is 11.6 Å². The van der Waals surface area contributed by atoms with Crippen LogP contribution in [0.1, 0.15) is 0 Å². The van der Waals surface area contributed by atoms with Crippen molar-refractivity contribution in [3.63, 3.8) is 0 Å². The van der Waals surface area contributed by atoms with Crippen LogP contribution in [0, 0.1) is 0 Å². The van der Waals surface area contributed by atoms with Crippen molar-refractivity contribution < 1.29 is 9.53 Å². The number of nitrogens with one attached hydrogen (secondary N) is 4. The van der Waals surface area contributed by atoms with Gasteiger partial charge in [-0.05, 0) is 42.5 Å². The first-order valence-electron chi connectivity index (χ1n) is 8.77. The molecule has 0 aliphatic heterocycles. The lowest BCUT2D eigenvalue weighted by atomic mass is 10.3. The predicted octanol–water partition coefficient (Wildman–Crippen LogP) is 3.51. The van der Waals surface area contributed by atoms with Crippen LogP contribution in [-0.2, 0) is 0 Å². The molecule has 150 valence electrons. The minimum Gasteiger partial charge on any atom is -0.495 e. The molecule has 3 aromatic rings. The zero-order valence-corrected chi connectivity index (χ0v) is 16.4. The maximum absolute atomic E-state index is 11.9. The Morgan fingerprint density at radius 2 is 1.76 bits per heavy atom. The summed E-state index contributed by atoms with van der Waals surface area (Å²) >= 11 is 6.04. The fraction of sp³-hybridized carbons (Fsp3) is 0.158. The molecule has 0 bridgehead atoms. The van der Waals surface area contributed by atoms with E-state index in [-0.39, 0.29) is 6.03 Å². The third-order valence-corrected chi connectivity index (χ3v) is 4.04. The molecule has 0 atom stereocenters. The summed E-state index contributed by atoms with van der Waals surface area (Å²) in [4.78, 5) is 15.9. The van der Waals surface area contributed by atoms with Crippen molar-refractivity contribution >= 4 is 40.6 Å². The van der Waals surface area contributed by atoms with Crippen molar-refractivity contribution in [3.05, 3.63) is 59.9 Å². The Kier molecular flexibility index (Phi) is 7.01. The van der Waals surface area contributed by atoms with E-state index >= 15 is 0 Å². The summed E-state index contributed by atoms with van der Waals surface area (Å²) in [6.45, 7) is 0.886. The summed E-state index contributed by atoms with van der Waals surface area (Å²) in [7, 11) is 1.53. The molecule has 0 aliphatic carbocycles. The molecule has 2 heterocycles. The highest BCUT2D eigenvalue weighted by atomic mass is 35.5. The van der Waals surface area contributed by atoms with Gasteiger partial charge in [0.2, 0.25) is 0 Å². The maximum Gasteiger partial charge on any atom is 0.319 e. The highest BCUT2D eigenvalue weighted by Crippen LogP contribution is 2.27. The van der Waals surface area contributed by atoms with Crippen LogP contribution in [0.3, 0.4) is 0 Å². The van der Waals surface area contributed by atoms with Gasteiger partial charge in [-0.2, -0.15) is 0 Å². The maximum atomic E-state index is 11.9. The zero-order valence-electron chi connectivity index (χ0n) is 15.6. The molecule has 29 heavy (non-hydrogen) atoms. The number of rotatable bonds is 8. The van der Waals surface area contributed by atoms with Crippen LogP contribution in [0.5, 0.6) is 5.75 Å². The molecule has 0 aliphatic rings. The number of aromatic nitrogens is 3. The number of hydrogen-bond donors (Lipinski definition) is 4. The molecule has 1 aromatic carbocycles. The summed E-state index contributed by atoms with van der Waals surface area (Å²) in [5.74, 6) is 1.77. The van der Waals surface area contributed by atoms with E-state index < -0.39 is 0 Å². The van der Waals surface area contributed by atoms with Gasteiger partial charge in [0.15, 0.2) is 5.82 Å². The van der Waals surface area contributed by atoms with Gasteiger partial charge in [0.05, 0.1) is 12.1 Å².